The van der Waals surface area contributed by atoms with Crippen LogP contribution in [0.3, 0.4) is 0 Å². The van der Waals surface area contributed by atoms with Gasteiger partial charge in [-0.2, -0.15) is 0 Å². The summed E-state index contributed by atoms with van der Waals surface area (Å²) >= 11 is 1.39. The summed E-state index contributed by atoms with van der Waals surface area (Å²) in [5.41, 5.74) is 5.96. The van der Waals surface area contributed by atoms with Gasteiger partial charge in [0.2, 0.25) is 0 Å². The van der Waals surface area contributed by atoms with Crippen molar-refractivity contribution in [3.05, 3.63) is 41.0 Å². The van der Waals surface area contributed by atoms with Gasteiger partial charge in [-0.25, -0.2) is 4.39 Å². The molecule has 0 bridgehead atoms. The van der Waals surface area contributed by atoms with Crippen LogP contribution >= 0.6 is 11.8 Å². The fourth-order valence-electron chi connectivity index (χ4n) is 1.55. The summed E-state index contributed by atoms with van der Waals surface area (Å²) in [6.07, 6.45) is 0. The second kappa shape index (κ2) is 5.40. The number of benzene rings is 1. The molecule has 0 saturated carbocycles. The molecule has 0 saturated heterocycles. The maximum atomic E-state index is 14.1. The van der Waals surface area contributed by atoms with Gasteiger partial charge in [0, 0.05) is 12.8 Å². The molecule has 7 heteroatoms. The molecule has 0 amide bonds. The van der Waals surface area contributed by atoms with Crippen molar-refractivity contribution in [2.45, 2.75) is 17.8 Å². The number of halogens is 1. The molecule has 19 heavy (non-hydrogen) atoms. The lowest BCUT2D eigenvalue weighted by Gasteiger charge is -2.07. The molecule has 1 aromatic carbocycles. The minimum absolute atomic E-state index is 0.132. The molecule has 0 spiro atoms. The van der Waals surface area contributed by atoms with Gasteiger partial charge in [-0.3, -0.25) is 5.41 Å². The zero-order valence-corrected chi connectivity index (χ0v) is 11.5. The Morgan fingerprint density at radius 2 is 2.21 bits per heavy atom. The summed E-state index contributed by atoms with van der Waals surface area (Å²) in [6.45, 7) is 1.86. The van der Waals surface area contributed by atoms with Crippen LogP contribution in [0.2, 0.25) is 0 Å². The zero-order chi connectivity index (χ0) is 14.0. The van der Waals surface area contributed by atoms with Gasteiger partial charge in [0.25, 0.3) is 0 Å². The number of hydrogen-bond donors (Lipinski definition) is 2. The Bertz CT molecular complexity index is 623. The summed E-state index contributed by atoms with van der Waals surface area (Å²) in [5.74, 6) is 0.513. The molecule has 100 valence electrons. The van der Waals surface area contributed by atoms with Gasteiger partial charge < -0.3 is 10.3 Å². The van der Waals surface area contributed by atoms with Crippen molar-refractivity contribution in [2.75, 3.05) is 0 Å². The first-order chi connectivity index (χ1) is 9.00. The van der Waals surface area contributed by atoms with E-state index >= 15 is 0 Å². The molecule has 0 unspecified atom stereocenters. The van der Waals surface area contributed by atoms with Crippen LogP contribution in [0.5, 0.6) is 0 Å². The Balaban J connectivity index is 2.18. The minimum Gasteiger partial charge on any atom is -0.384 e. The number of nitrogens with zero attached hydrogens (tertiary/aromatic N) is 3. The van der Waals surface area contributed by atoms with Gasteiger partial charge >= 0.3 is 0 Å². The molecule has 0 aliphatic carbocycles. The maximum Gasteiger partial charge on any atom is 0.191 e. The Morgan fingerprint density at radius 1 is 1.47 bits per heavy atom. The predicted octanol–water partition coefficient (Wildman–Crippen LogP) is 1.84. The summed E-state index contributed by atoms with van der Waals surface area (Å²) in [4.78, 5) is 0. The summed E-state index contributed by atoms with van der Waals surface area (Å²) < 4.78 is 15.9. The van der Waals surface area contributed by atoms with Crippen molar-refractivity contribution in [3.8, 4) is 0 Å². The van der Waals surface area contributed by atoms with Crippen LogP contribution in [-0.2, 0) is 12.8 Å². The molecule has 2 aromatic rings. The topological polar surface area (TPSA) is 80.6 Å². The standard InChI is InChI=1S/C12H14FN5S/c1-7-16-17-12(18(7)2)19-6-8-4-3-5-9(10(8)13)11(14)15/h3-5H,6H2,1-2H3,(H3,14,15). The first-order valence-electron chi connectivity index (χ1n) is 5.61. The molecule has 0 fully saturated rings. The first-order valence-corrected chi connectivity index (χ1v) is 6.60. The van der Waals surface area contributed by atoms with Crippen LogP contribution in [0.25, 0.3) is 0 Å². The first kappa shape index (κ1) is 13.5. The Kier molecular flexibility index (Phi) is 3.84. The lowest BCUT2D eigenvalue weighted by atomic mass is 10.1. The van der Waals surface area contributed by atoms with Crippen LogP contribution in [0.4, 0.5) is 4.39 Å². The van der Waals surface area contributed by atoms with E-state index in [-0.39, 0.29) is 11.4 Å². The molecule has 0 aliphatic rings. The highest BCUT2D eigenvalue weighted by molar-refractivity contribution is 7.98. The third kappa shape index (κ3) is 2.76. The van der Waals surface area contributed by atoms with Gasteiger partial charge in [-0.1, -0.05) is 23.9 Å². The molecule has 3 N–H and O–H groups in total. The smallest absolute Gasteiger partial charge is 0.191 e. The van der Waals surface area contributed by atoms with Gasteiger partial charge in [0.1, 0.15) is 17.5 Å². The second-order valence-corrected chi connectivity index (χ2v) is 5.01. The molecule has 0 aliphatic heterocycles. The molecular formula is C12H14FN5S. The van der Waals surface area contributed by atoms with Crippen molar-refractivity contribution < 1.29 is 4.39 Å². The molecule has 1 heterocycles. The monoisotopic (exact) mass is 279 g/mol. The number of rotatable bonds is 4. The highest BCUT2D eigenvalue weighted by Gasteiger charge is 2.12. The SMILES string of the molecule is Cc1nnc(SCc2cccc(C(=N)N)c2F)n1C. The number of amidine groups is 1. The Morgan fingerprint density at radius 3 is 2.79 bits per heavy atom. The minimum atomic E-state index is -0.443. The van der Waals surface area contributed by atoms with Crippen molar-refractivity contribution in [2.24, 2.45) is 12.8 Å². The van der Waals surface area contributed by atoms with Crippen LogP contribution in [0.1, 0.15) is 17.0 Å². The fraction of sp³-hybridized carbons (Fsp3) is 0.250. The molecule has 5 nitrogen and oxygen atoms in total. The number of hydrogen-bond acceptors (Lipinski definition) is 4. The third-order valence-corrected chi connectivity index (χ3v) is 3.85. The highest BCUT2D eigenvalue weighted by atomic mass is 32.2. The number of nitrogen functional groups attached to an aromatic ring is 1. The second-order valence-electron chi connectivity index (χ2n) is 4.07. The third-order valence-electron chi connectivity index (χ3n) is 2.78. The number of nitrogens with one attached hydrogen (secondary N) is 1. The Hall–Kier alpha value is -1.89. The lowest BCUT2D eigenvalue weighted by Crippen LogP contribution is -2.14. The normalized spacial score (nSPS) is 10.7. The average Bonchev–Trinajstić information content (AvgIpc) is 2.68. The van der Waals surface area contributed by atoms with Crippen LogP contribution in [0, 0.1) is 18.2 Å². The maximum absolute atomic E-state index is 14.1. The molecule has 2 rings (SSSR count). The summed E-state index contributed by atoms with van der Waals surface area (Å²) in [7, 11) is 1.86. The van der Waals surface area contributed by atoms with E-state index in [0.717, 1.165) is 11.0 Å². The molecule has 1 aromatic heterocycles. The van der Waals surface area contributed by atoms with Crippen molar-refractivity contribution in [1.29, 1.82) is 5.41 Å². The molecule has 0 radical (unpaired) electrons. The number of nitrogens with two attached hydrogens (primary N) is 1. The van der Waals surface area contributed by atoms with Gasteiger partial charge in [-0.05, 0) is 18.6 Å². The highest BCUT2D eigenvalue weighted by Crippen LogP contribution is 2.23. The lowest BCUT2D eigenvalue weighted by molar-refractivity contribution is 0.614. The quantitative estimate of drug-likeness (QED) is 0.508. The van der Waals surface area contributed by atoms with E-state index in [4.69, 9.17) is 11.1 Å². The van der Waals surface area contributed by atoms with Crippen molar-refractivity contribution >= 4 is 17.6 Å². The van der Waals surface area contributed by atoms with E-state index in [9.17, 15) is 4.39 Å². The van der Waals surface area contributed by atoms with E-state index in [0.29, 0.717) is 11.3 Å². The number of aryl methyl sites for hydroxylation is 1. The van der Waals surface area contributed by atoms with Crippen LogP contribution < -0.4 is 5.73 Å². The average molecular weight is 279 g/mol. The predicted molar refractivity (Wildman–Crippen MR) is 72.7 cm³/mol. The van der Waals surface area contributed by atoms with Gasteiger partial charge in [-0.15, -0.1) is 10.2 Å². The summed E-state index contributed by atoms with van der Waals surface area (Å²) in [6, 6.07) is 4.87. The van der Waals surface area contributed by atoms with Gasteiger partial charge in [0.05, 0.1) is 5.56 Å². The van der Waals surface area contributed by atoms with Crippen molar-refractivity contribution in [3.63, 3.8) is 0 Å². The van der Waals surface area contributed by atoms with E-state index in [1.165, 1.54) is 17.8 Å². The Labute approximate surface area is 114 Å². The summed E-state index contributed by atoms with van der Waals surface area (Å²) in [5, 5.41) is 16.0. The van der Waals surface area contributed by atoms with Gasteiger partial charge in [0.15, 0.2) is 5.16 Å². The number of thioether (sulfide) groups is 1. The zero-order valence-electron chi connectivity index (χ0n) is 10.6. The molecular weight excluding hydrogens is 265 g/mol. The van der Waals surface area contributed by atoms with E-state index < -0.39 is 5.82 Å². The van der Waals surface area contributed by atoms with E-state index in [2.05, 4.69) is 10.2 Å². The van der Waals surface area contributed by atoms with E-state index in [1.807, 2.05) is 18.5 Å². The number of aromatic nitrogens is 3. The fourth-order valence-corrected chi connectivity index (χ4v) is 2.49. The van der Waals surface area contributed by atoms with Crippen molar-refractivity contribution in [1.82, 2.24) is 14.8 Å². The van der Waals surface area contributed by atoms with E-state index in [1.54, 1.807) is 12.1 Å². The van der Waals surface area contributed by atoms with Crippen LogP contribution in [0.15, 0.2) is 23.4 Å². The van der Waals surface area contributed by atoms with Crippen LogP contribution in [-0.4, -0.2) is 20.6 Å². The molecule has 0 atom stereocenters. The largest absolute Gasteiger partial charge is 0.384 e.